The van der Waals surface area contributed by atoms with Crippen LogP contribution in [0.25, 0.3) is 10.9 Å². The number of halogens is 3. The van der Waals surface area contributed by atoms with Crippen LogP contribution in [-0.4, -0.2) is 32.4 Å². The number of aliphatic carboxylic acids is 1. The molecule has 2 aromatic heterocycles. The van der Waals surface area contributed by atoms with Crippen molar-refractivity contribution < 1.29 is 27.6 Å². The molecule has 0 aliphatic heterocycles. The largest absolute Gasteiger partial charge is 0.490 e. The molecule has 3 N–H and O–H groups in total. The fraction of sp³-hybridized carbons (Fsp3) is 0.143. The molecule has 0 fully saturated rings. The summed E-state index contributed by atoms with van der Waals surface area (Å²) >= 11 is 0. The summed E-state index contributed by atoms with van der Waals surface area (Å²) in [5.41, 5.74) is 9.19. The number of carboxylic acid groups (broad SMARTS) is 1. The van der Waals surface area contributed by atoms with Gasteiger partial charge < -0.3 is 15.4 Å². The van der Waals surface area contributed by atoms with Crippen LogP contribution in [0.2, 0.25) is 0 Å². The lowest BCUT2D eigenvalue weighted by molar-refractivity contribution is -0.192. The summed E-state index contributed by atoms with van der Waals surface area (Å²) in [6.07, 6.45) is -2.74. The molecule has 0 radical (unpaired) electrons. The zero-order chi connectivity index (χ0) is 22.4. The number of aromatic nitrogens is 3. The van der Waals surface area contributed by atoms with E-state index in [1.807, 2.05) is 60.7 Å². The Morgan fingerprint density at radius 1 is 1.10 bits per heavy atom. The molecule has 10 heteroatoms. The summed E-state index contributed by atoms with van der Waals surface area (Å²) < 4.78 is 37.1. The van der Waals surface area contributed by atoms with Crippen LogP contribution in [0, 0.1) is 0 Å². The average Bonchev–Trinajstić information content (AvgIpc) is 3.22. The molecule has 2 heterocycles. The van der Waals surface area contributed by atoms with Crippen molar-refractivity contribution in [2.24, 2.45) is 5.73 Å². The molecule has 31 heavy (non-hydrogen) atoms. The van der Waals surface area contributed by atoms with Gasteiger partial charge in [-0.3, -0.25) is 4.98 Å². The molecule has 7 nitrogen and oxygen atoms in total. The van der Waals surface area contributed by atoms with Gasteiger partial charge in [0.25, 0.3) is 0 Å². The van der Waals surface area contributed by atoms with Crippen LogP contribution in [0.3, 0.4) is 0 Å². The lowest BCUT2D eigenvalue weighted by Gasteiger charge is -2.06. The number of hydrogen-bond donors (Lipinski definition) is 2. The van der Waals surface area contributed by atoms with Gasteiger partial charge >= 0.3 is 12.1 Å². The number of rotatable bonds is 4. The van der Waals surface area contributed by atoms with E-state index in [-0.39, 0.29) is 6.04 Å². The minimum atomic E-state index is -5.08. The van der Waals surface area contributed by atoms with Crippen molar-refractivity contribution in [1.82, 2.24) is 15.1 Å². The maximum absolute atomic E-state index is 10.6. The van der Waals surface area contributed by atoms with E-state index in [4.69, 9.17) is 20.2 Å². The van der Waals surface area contributed by atoms with Crippen molar-refractivity contribution >= 4 is 16.9 Å². The second kappa shape index (κ2) is 9.35. The predicted octanol–water partition coefficient (Wildman–Crippen LogP) is 3.89. The van der Waals surface area contributed by atoms with E-state index < -0.39 is 12.1 Å². The van der Waals surface area contributed by atoms with Gasteiger partial charge in [-0.05, 0) is 23.3 Å². The van der Waals surface area contributed by atoms with Crippen molar-refractivity contribution in [2.75, 3.05) is 0 Å². The Kier molecular flexibility index (Phi) is 6.61. The van der Waals surface area contributed by atoms with Gasteiger partial charge in [0.1, 0.15) is 0 Å². The molecule has 160 valence electrons. The standard InChI is InChI=1S/C19H16N4O.C2HF3O2/c20-18(15-5-2-1-3-6-15)19-22-17(24-23-19)12-13-8-9-14-7-4-10-21-16(14)11-13;3-2(4,5)1(6)7/h1-11,18H,12,20H2;(H,6,7). The summed E-state index contributed by atoms with van der Waals surface area (Å²) in [7, 11) is 0. The average molecular weight is 430 g/mol. The Labute approximate surface area is 174 Å². The smallest absolute Gasteiger partial charge is 0.475 e. The lowest BCUT2D eigenvalue weighted by atomic mass is 10.1. The molecule has 4 aromatic rings. The highest BCUT2D eigenvalue weighted by Gasteiger charge is 2.38. The topological polar surface area (TPSA) is 115 Å². The third-order valence-corrected chi connectivity index (χ3v) is 4.19. The third kappa shape index (κ3) is 5.86. The normalized spacial score (nSPS) is 12.1. The highest BCUT2D eigenvalue weighted by molar-refractivity contribution is 5.78. The molecule has 2 aromatic carbocycles. The monoisotopic (exact) mass is 430 g/mol. The van der Waals surface area contributed by atoms with E-state index in [1.54, 1.807) is 6.20 Å². The van der Waals surface area contributed by atoms with Gasteiger partial charge in [-0.15, -0.1) is 0 Å². The SMILES string of the molecule is NC(c1ccccc1)c1noc(Cc2ccc3cccnc3c2)n1.O=C(O)C(F)(F)F. The molecule has 1 unspecified atom stereocenters. The Hall–Kier alpha value is -3.79. The summed E-state index contributed by atoms with van der Waals surface area (Å²) in [6.45, 7) is 0. The first-order valence-electron chi connectivity index (χ1n) is 9.01. The Bertz CT molecular complexity index is 1160. The molecular formula is C21H17F3N4O3. The number of nitrogens with zero attached hydrogens (tertiary/aromatic N) is 3. The van der Waals surface area contributed by atoms with Gasteiger partial charge in [-0.25, -0.2) is 4.79 Å². The first kappa shape index (κ1) is 21.9. The number of carboxylic acids is 1. The zero-order valence-electron chi connectivity index (χ0n) is 16.0. The Morgan fingerprint density at radius 2 is 1.81 bits per heavy atom. The molecule has 0 bridgehead atoms. The maximum atomic E-state index is 10.6. The van der Waals surface area contributed by atoms with Crippen LogP contribution in [0.1, 0.15) is 28.9 Å². The first-order chi connectivity index (χ1) is 14.7. The van der Waals surface area contributed by atoms with E-state index >= 15 is 0 Å². The third-order valence-electron chi connectivity index (χ3n) is 4.19. The molecule has 1 atom stereocenters. The Balaban J connectivity index is 0.000000339. The van der Waals surface area contributed by atoms with Crippen LogP contribution in [-0.2, 0) is 11.2 Å². The van der Waals surface area contributed by atoms with Crippen LogP contribution in [0.15, 0.2) is 71.4 Å². The van der Waals surface area contributed by atoms with Gasteiger partial charge in [0.15, 0.2) is 5.82 Å². The minimum absolute atomic E-state index is 0.387. The molecule has 0 aliphatic rings. The van der Waals surface area contributed by atoms with Gasteiger partial charge in [-0.1, -0.05) is 53.7 Å². The summed E-state index contributed by atoms with van der Waals surface area (Å²) in [5, 5.41) is 12.3. The lowest BCUT2D eigenvalue weighted by Crippen LogP contribution is -2.21. The van der Waals surface area contributed by atoms with Gasteiger partial charge in [-0.2, -0.15) is 18.2 Å². The van der Waals surface area contributed by atoms with Crippen LogP contribution >= 0.6 is 0 Å². The van der Waals surface area contributed by atoms with Crippen molar-refractivity contribution in [3.8, 4) is 0 Å². The fourth-order valence-corrected chi connectivity index (χ4v) is 2.67. The number of hydrogen-bond acceptors (Lipinski definition) is 6. The number of pyridine rings is 1. The van der Waals surface area contributed by atoms with Crippen LogP contribution < -0.4 is 5.73 Å². The van der Waals surface area contributed by atoms with E-state index in [0.717, 1.165) is 22.0 Å². The molecule has 0 saturated carbocycles. The van der Waals surface area contributed by atoms with Crippen LogP contribution in [0.5, 0.6) is 0 Å². The van der Waals surface area contributed by atoms with E-state index in [1.165, 1.54) is 0 Å². The number of benzene rings is 2. The molecule has 0 saturated heterocycles. The predicted molar refractivity (Wildman–Crippen MR) is 105 cm³/mol. The number of nitrogens with two attached hydrogens (primary N) is 1. The molecule has 0 amide bonds. The second-order valence-corrected chi connectivity index (χ2v) is 6.44. The van der Waals surface area contributed by atoms with E-state index in [2.05, 4.69) is 15.1 Å². The summed E-state index contributed by atoms with van der Waals surface area (Å²) in [5.74, 6) is -1.71. The van der Waals surface area contributed by atoms with Crippen molar-refractivity contribution in [1.29, 1.82) is 0 Å². The number of alkyl halides is 3. The quantitative estimate of drug-likeness (QED) is 0.505. The Morgan fingerprint density at radius 3 is 2.48 bits per heavy atom. The first-order valence-corrected chi connectivity index (χ1v) is 9.01. The summed E-state index contributed by atoms with van der Waals surface area (Å²) in [4.78, 5) is 17.7. The van der Waals surface area contributed by atoms with Crippen molar-refractivity contribution in [3.05, 3.63) is 89.7 Å². The van der Waals surface area contributed by atoms with Crippen molar-refractivity contribution in [2.45, 2.75) is 18.6 Å². The molecule has 4 rings (SSSR count). The van der Waals surface area contributed by atoms with Gasteiger partial charge in [0.05, 0.1) is 18.0 Å². The summed E-state index contributed by atoms with van der Waals surface area (Å²) in [6, 6.07) is 19.5. The minimum Gasteiger partial charge on any atom is -0.475 e. The molecular weight excluding hydrogens is 413 g/mol. The maximum Gasteiger partial charge on any atom is 0.490 e. The second-order valence-electron chi connectivity index (χ2n) is 6.44. The molecule has 0 aliphatic carbocycles. The molecule has 0 spiro atoms. The van der Waals surface area contributed by atoms with Gasteiger partial charge in [0.2, 0.25) is 5.89 Å². The van der Waals surface area contributed by atoms with E-state index in [9.17, 15) is 13.2 Å². The number of fused-ring (bicyclic) bond motifs is 1. The van der Waals surface area contributed by atoms with Crippen LogP contribution in [0.4, 0.5) is 13.2 Å². The zero-order valence-corrected chi connectivity index (χ0v) is 16.0. The number of carbonyl (C=O) groups is 1. The van der Waals surface area contributed by atoms with E-state index in [0.29, 0.717) is 18.1 Å². The highest BCUT2D eigenvalue weighted by Crippen LogP contribution is 2.19. The van der Waals surface area contributed by atoms with Gasteiger partial charge in [0, 0.05) is 11.6 Å². The van der Waals surface area contributed by atoms with Crippen molar-refractivity contribution in [3.63, 3.8) is 0 Å². The highest BCUT2D eigenvalue weighted by atomic mass is 19.4. The fourth-order valence-electron chi connectivity index (χ4n) is 2.67.